The van der Waals surface area contributed by atoms with E-state index in [0.717, 1.165) is 23.7 Å². The molecule has 1 aliphatic carbocycles. The van der Waals surface area contributed by atoms with Crippen molar-refractivity contribution in [2.24, 2.45) is 0 Å². The second-order valence-corrected chi connectivity index (χ2v) is 5.32. The van der Waals surface area contributed by atoms with Gasteiger partial charge in [-0.15, -0.1) is 0 Å². The molecule has 0 bridgehead atoms. The van der Waals surface area contributed by atoms with Crippen molar-refractivity contribution in [1.29, 1.82) is 0 Å². The summed E-state index contributed by atoms with van der Waals surface area (Å²) in [7, 11) is 0. The molecule has 0 radical (unpaired) electrons. The van der Waals surface area contributed by atoms with Gasteiger partial charge in [0.15, 0.2) is 0 Å². The van der Waals surface area contributed by atoms with Gasteiger partial charge in [0, 0.05) is 11.1 Å². The van der Waals surface area contributed by atoms with Gasteiger partial charge in [-0.2, -0.15) is 0 Å². The topological polar surface area (TPSA) is 39.2 Å². The van der Waals surface area contributed by atoms with Gasteiger partial charge >= 0.3 is 5.97 Å². The lowest BCUT2D eigenvalue weighted by atomic mass is 9.90. The highest BCUT2D eigenvalue weighted by Crippen LogP contribution is 2.29. The summed E-state index contributed by atoms with van der Waals surface area (Å²) in [5, 5.41) is 1.15. The molecular formula is C17H19NO2. The van der Waals surface area contributed by atoms with Crippen LogP contribution in [0.2, 0.25) is 0 Å². The quantitative estimate of drug-likeness (QED) is 0.782. The van der Waals surface area contributed by atoms with E-state index in [1.54, 1.807) is 0 Å². The number of aryl methyl sites for hydroxylation is 2. The van der Waals surface area contributed by atoms with E-state index < -0.39 is 0 Å². The monoisotopic (exact) mass is 269 g/mol. The van der Waals surface area contributed by atoms with Crippen molar-refractivity contribution in [2.45, 2.75) is 39.5 Å². The smallest absolute Gasteiger partial charge is 0.338 e. The molecule has 1 aromatic heterocycles. The summed E-state index contributed by atoms with van der Waals surface area (Å²) in [5.74, 6) is -0.272. The van der Waals surface area contributed by atoms with Gasteiger partial charge in [-0.3, -0.25) is 4.98 Å². The molecule has 1 heterocycles. The van der Waals surface area contributed by atoms with Crippen LogP contribution in [0, 0.1) is 6.92 Å². The number of ether oxygens (including phenoxy) is 1. The molecule has 0 saturated heterocycles. The Kier molecular flexibility index (Phi) is 3.43. The zero-order valence-electron chi connectivity index (χ0n) is 12.0. The van der Waals surface area contributed by atoms with Gasteiger partial charge in [0.1, 0.15) is 0 Å². The first-order valence-electron chi connectivity index (χ1n) is 7.30. The summed E-state index contributed by atoms with van der Waals surface area (Å²) in [6.07, 6.45) is 4.64. The predicted molar refractivity (Wildman–Crippen MR) is 79.1 cm³/mol. The van der Waals surface area contributed by atoms with E-state index in [2.05, 4.69) is 6.92 Å². The molecule has 0 unspecified atom stereocenters. The fourth-order valence-electron chi connectivity index (χ4n) is 3.01. The molecule has 0 saturated carbocycles. The standard InChI is InChI=1S/C17H19NO2/c1-3-20-17(19)12-8-9-14-11(2)13-6-4-5-7-15(13)18-16(14)10-12/h8-10H,3-7H2,1-2H3. The summed E-state index contributed by atoms with van der Waals surface area (Å²) in [6.45, 7) is 4.38. The largest absolute Gasteiger partial charge is 0.462 e. The maximum atomic E-state index is 11.8. The number of carbonyl (C=O) groups excluding carboxylic acids is 1. The van der Waals surface area contributed by atoms with Crippen molar-refractivity contribution in [1.82, 2.24) is 4.98 Å². The van der Waals surface area contributed by atoms with Gasteiger partial charge in [0.05, 0.1) is 17.7 Å². The molecule has 104 valence electrons. The Morgan fingerprint density at radius 3 is 2.90 bits per heavy atom. The van der Waals surface area contributed by atoms with Gasteiger partial charge in [0.2, 0.25) is 0 Å². The van der Waals surface area contributed by atoms with Crippen LogP contribution >= 0.6 is 0 Å². The Morgan fingerprint density at radius 2 is 2.10 bits per heavy atom. The third-order valence-electron chi connectivity index (χ3n) is 4.06. The van der Waals surface area contributed by atoms with Gasteiger partial charge in [-0.05, 0) is 62.8 Å². The number of benzene rings is 1. The lowest BCUT2D eigenvalue weighted by molar-refractivity contribution is 0.0526. The van der Waals surface area contributed by atoms with E-state index in [-0.39, 0.29) is 5.97 Å². The van der Waals surface area contributed by atoms with Gasteiger partial charge in [-0.25, -0.2) is 4.79 Å². The second kappa shape index (κ2) is 5.23. The molecule has 0 aliphatic heterocycles. The SMILES string of the molecule is CCOC(=O)c1ccc2c(C)c3c(nc2c1)CCCC3. The van der Waals surface area contributed by atoms with Gasteiger partial charge in [-0.1, -0.05) is 6.07 Å². The Bertz CT molecular complexity index is 676. The Balaban J connectivity index is 2.13. The van der Waals surface area contributed by atoms with E-state index in [1.165, 1.54) is 29.7 Å². The zero-order chi connectivity index (χ0) is 14.1. The summed E-state index contributed by atoms with van der Waals surface area (Å²) in [5.41, 5.74) is 5.44. The zero-order valence-corrected chi connectivity index (χ0v) is 12.0. The lowest BCUT2D eigenvalue weighted by Gasteiger charge is -2.19. The van der Waals surface area contributed by atoms with Crippen LogP contribution in [0.15, 0.2) is 18.2 Å². The number of pyridine rings is 1. The molecule has 20 heavy (non-hydrogen) atoms. The normalized spacial score (nSPS) is 14.1. The average Bonchev–Trinajstić information content (AvgIpc) is 2.47. The molecule has 0 amide bonds. The highest BCUT2D eigenvalue weighted by molar-refractivity contribution is 5.95. The number of esters is 1. The van der Waals surface area contributed by atoms with Crippen LogP contribution in [0.1, 0.15) is 46.9 Å². The van der Waals surface area contributed by atoms with Crippen molar-refractivity contribution in [3.05, 3.63) is 40.6 Å². The summed E-state index contributed by atoms with van der Waals surface area (Å²) in [6, 6.07) is 5.69. The van der Waals surface area contributed by atoms with Crippen molar-refractivity contribution < 1.29 is 9.53 Å². The number of hydrogen-bond acceptors (Lipinski definition) is 3. The van der Waals surface area contributed by atoms with Crippen molar-refractivity contribution in [2.75, 3.05) is 6.61 Å². The third kappa shape index (κ3) is 2.17. The Morgan fingerprint density at radius 1 is 1.30 bits per heavy atom. The first-order chi connectivity index (χ1) is 9.70. The predicted octanol–water partition coefficient (Wildman–Crippen LogP) is 3.60. The second-order valence-electron chi connectivity index (χ2n) is 5.32. The molecular weight excluding hydrogens is 250 g/mol. The van der Waals surface area contributed by atoms with Crippen molar-refractivity contribution in [3.63, 3.8) is 0 Å². The van der Waals surface area contributed by atoms with Crippen molar-refractivity contribution >= 4 is 16.9 Å². The number of carbonyl (C=O) groups is 1. The van der Waals surface area contributed by atoms with Gasteiger partial charge < -0.3 is 4.74 Å². The number of rotatable bonds is 2. The minimum absolute atomic E-state index is 0.272. The van der Waals surface area contributed by atoms with Crippen LogP contribution in [0.25, 0.3) is 10.9 Å². The van der Waals surface area contributed by atoms with E-state index >= 15 is 0 Å². The van der Waals surface area contributed by atoms with Crippen LogP contribution < -0.4 is 0 Å². The molecule has 3 rings (SSSR count). The maximum Gasteiger partial charge on any atom is 0.338 e. The summed E-state index contributed by atoms with van der Waals surface area (Å²) in [4.78, 5) is 16.6. The number of nitrogens with zero attached hydrogens (tertiary/aromatic N) is 1. The fourth-order valence-corrected chi connectivity index (χ4v) is 3.01. The number of fused-ring (bicyclic) bond motifs is 2. The molecule has 3 heteroatoms. The van der Waals surface area contributed by atoms with E-state index in [4.69, 9.17) is 9.72 Å². The molecule has 0 atom stereocenters. The van der Waals surface area contributed by atoms with Crippen LogP contribution in [-0.2, 0) is 17.6 Å². The van der Waals surface area contributed by atoms with Crippen LogP contribution in [-0.4, -0.2) is 17.6 Å². The first-order valence-corrected chi connectivity index (χ1v) is 7.30. The van der Waals surface area contributed by atoms with Gasteiger partial charge in [0.25, 0.3) is 0 Å². The number of hydrogen-bond donors (Lipinski definition) is 0. The van der Waals surface area contributed by atoms with E-state index in [9.17, 15) is 4.79 Å². The maximum absolute atomic E-state index is 11.8. The highest BCUT2D eigenvalue weighted by atomic mass is 16.5. The lowest BCUT2D eigenvalue weighted by Crippen LogP contribution is -2.09. The molecule has 2 aromatic rings. The highest BCUT2D eigenvalue weighted by Gasteiger charge is 2.16. The summed E-state index contributed by atoms with van der Waals surface area (Å²) >= 11 is 0. The van der Waals surface area contributed by atoms with E-state index in [0.29, 0.717) is 12.2 Å². The van der Waals surface area contributed by atoms with Crippen LogP contribution in [0.4, 0.5) is 0 Å². The third-order valence-corrected chi connectivity index (χ3v) is 4.06. The van der Waals surface area contributed by atoms with Crippen molar-refractivity contribution in [3.8, 4) is 0 Å². The Hall–Kier alpha value is -1.90. The molecule has 1 aliphatic rings. The number of aromatic nitrogens is 1. The summed E-state index contributed by atoms with van der Waals surface area (Å²) < 4.78 is 5.05. The average molecular weight is 269 g/mol. The molecule has 0 fully saturated rings. The van der Waals surface area contributed by atoms with E-state index in [1.807, 2.05) is 25.1 Å². The minimum atomic E-state index is -0.272. The first kappa shape index (κ1) is 13.1. The van der Waals surface area contributed by atoms with Crippen LogP contribution in [0.3, 0.4) is 0 Å². The fraction of sp³-hybridized carbons (Fsp3) is 0.412. The molecule has 0 spiro atoms. The minimum Gasteiger partial charge on any atom is -0.462 e. The van der Waals surface area contributed by atoms with Crippen LogP contribution in [0.5, 0.6) is 0 Å². The molecule has 3 nitrogen and oxygen atoms in total. The molecule has 1 aromatic carbocycles. The Labute approximate surface area is 119 Å². The molecule has 0 N–H and O–H groups in total.